The number of aliphatic imine (C=N–C) groups is 1. The number of methoxy groups -OCH3 is 1. The van der Waals surface area contributed by atoms with Crippen LogP contribution >= 0.6 is 35.1 Å². The van der Waals surface area contributed by atoms with Gasteiger partial charge in [0.15, 0.2) is 0 Å². The molecule has 1 aromatic carbocycles. The fourth-order valence-corrected chi connectivity index (χ4v) is 3.46. The average Bonchev–Trinajstić information content (AvgIpc) is 2.91. The molecule has 4 nitrogen and oxygen atoms in total. The van der Waals surface area contributed by atoms with E-state index in [0.29, 0.717) is 22.2 Å². The van der Waals surface area contributed by atoms with Gasteiger partial charge in [0.1, 0.15) is 10.1 Å². The second kappa shape index (κ2) is 7.07. The smallest absolute Gasteiger partial charge is 0.234 e. The number of ether oxygens (including phenoxy) is 1. The lowest BCUT2D eigenvalue weighted by atomic mass is 10.3. The first-order valence-electron chi connectivity index (χ1n) is 5.62. The van der Waals surface area contributed by atoms with E-state index in [9.17, 15) is 4.79 Å². The molecular formula is C12H13ClN2O2S2. The quantitative estimate of drug-likeness (QED) is 0.927. The predicted molar refractivity (Wildman–Crippen MR) is 83.9 cm³/mol. The van der Waals surface area contributed by atoms with E-state index >= 15 is 0 Å². The number of hydrogen-bond donors (Lipinski definition) is 1. The van der Waals surface area contributed by atoms with Crippen LogP contribution in [0.25, 0.3) is 0 Å². The maximum atomic E-state index is 11.8. The highest BCUT2D eigenvalue weighted by molar-refractivity contribution is 8.39. The number of carbonyl (C=O) groups is 1. The van der Waals surface area contributed by atoms with Gasteiger partial charge in [-0.05, 0) is 12.1 Å². The molecule has 0 unspecified atom stereocenters. The van der Waals surface area contributed by atoms with E-state index in [1.54, 1.807) is 37.1 Å². The number of halogens is 1. The first-order valence-corrected chi connectivity index (χ1v) is 7.97. The van der Waals surface area contributed by atoms with Crippen LogP contribution in [0.3, 0.4) is 0 Å². The van der Waals surface area contributed by atoms with Gasteiger partial charge in [-0.3, -0.25) is 9.79 Å². The Morgan fingerprint density at radius 2 is 2.47 bits per heavy atom. The second-order valence-corrected chi connectivity index (χ2v) is 6.42. The van der Waals surface area contributed by atoms with Gasteiger partial charge in [-0.25, -0.2) is 0 Å². The molecule has 1 heterocycles. The van der Waals surface area contributed by atoms with Gasteiger partial charge in [-0.2, -0.15) is 0 Å². The first kappa shape index (κ1) is 14.6. The molecule has 0 aromatic heterocycles. The largest absolute Gasteiger partial charge is 0.495 e. The number of hydrogen-bond acceptors (Lipinski definition) is 5. The Labute approximate surface area is 125 Å². The molecule has 2 rings (SSSR count). The Morgan fingerprint density at radius 3 is 3.16 bits per heavy atom. The van der Waals surface area contributed by atoms with Gasteiger partial charge in [-0.1, -0.05) is 35.1 Å². The molecule has 102 valence electrons. The van der Waals surface area contributed by atoms with Crippen molar-refractivity contribution in [3.8, 4) is 5.75 Å². The molecule has 1 aliphatic rings. The van der Waals surface area contributed by atoms with Crippen molar-refractivity contribution in [2.45, 2.75) is 0 Å². The van der Waals surface area contributed by atoms with Crippen LogP contribution in [0.2, 0.25) is 5.02 Å². The lowest BCUT2D eigenvalue weighted by Gasteiger charge is -2.10. The van der Waals surface area contributed by atoms with Crippen molar-refractivity contribution in [2.75, 3.05) is 30.5 Å². The zero-order valence-electron chi connectivity index (χ0n) is 10.3. The molecule has 0 spiro atoms. The Morgan fingerprint density at radius 1 is 1.63 bits per heavy atom. The van der Waals surface area contributed by atoms with Gasteiger partial charge in [0.2, 0.25) is 5.91 Å². The Kier molecular flexibility index (Phi) is 5.42. The van der Waals surface area contributed by atoms with Crippen molar-refractivity contribution in [2.24, 2.45) is 4.99 Å². The summed E-state index contributed by atoms with van der Waals surface area (Å²) in [7, 11) is 1.54. The number of benzene rings is 1. The van der Waals surface area contributed by atoms with Crippen molar-refractivity contribution in [3.63, 3.8) is 0 Å². The van der Waals surface area contributed by atoms with Gasteiger partial charge >= 0.3 is 0 Å². The third-order valence-electron chi connectivity index (χ3n) is 2.32. The molecule has 1 aromatic rings. The first-order chi connectivity index (χ1) is 9.19. The van der Waals surface area contributed by atoms with Gasteiger partial charge in [0.05, 0.1) is 25.1 Å². The molecule has 0 saturated heterocycles. The Bertz CT molecular complexity index is 509. The summed E-state index contributed by atoms with van der Waals surface area (Å²) >= 11 is 9.02. The average molecular weight is 317 g/mol. The second-order valence-electron chi connectivity index (χ2n) is 3.68. The SMILES string of the molecule is COc1cc(Cl)ccc1NC(=O)CSC1=NCCS1. The van der Waals surface area contributed by atoms with Crippen molar-refractivity contribution in [3.05, 3.63) is 23.2 Å². The third-order valence-corrected chi connectivity index (χ3v) is 4.81. The van der Waals surface area contributed by atoms with Crippen LogP contribution in [0.5, 0.6) is 5.75 Å². The van der Waals surface area contributed by atoms with Crippen LogP contribution in [-0.4, -0.2) is 35.4 Å². The molecule has 0 aliphatic carbocycles. The molecular weight excluding hydrogens is 304 g/mol. The van der Waals surface area contributed by atoms with Gasteiger partial charge in [0.25, 0.3) is 0 Å². The highest BCUT2D eigenvalue weighted by Gasteiger charge is 2.12. The highest BCUT2D eigenvalue weighted by Crippen LogP contribution is 2.28. The van der Waals surface area contributed by atoms with E-state index < -0.39 is 0 Å². The molecule has 19 heavy (non-hydrogen) atoms. The standard InChI is InChI=1S/C12H13ClN2O2S2/c1-17-10-6-8(13)2-3-9(10)15-11(16)7-19-12-14-4-5-18-12/h2-3,6H,4-5,7H2,1H3,(H,15,16). The normalized spacial score (nSPS) is 14.1. The molecule has 0 fully saturated rings. The minimum atomic E-state index is -0.0826. The van der Waals surface area contributed by atoms with Gasteiger partial charge < -0.3 is 10.1 Å². The number of carbonyl (C=O) groups excluding carboxylic acids is 1. The summed E-state index contributed by atoms with van der Waals surface area (Å²) in [6.45, 7) is 0.847. The molecule has 0 saturated carbocycles. The molecule has 1 N–H and O–H groups in total. The zero-order valence-corrected chi connectivity index (χ0v) is 12.7. The summed E-state index contributed by atoms with van der Waals surface area (Å²) in [6.07, 6.45) is 0. The monoisotopic (exact) mass is 316 g/mol. The van der Waals surface area contributed by atoms with Crippen LogP contribution in [0, 0.1) is 0 Å². The van der Waals surface area contributed by atoms with Crippen LogP contribution in [0.1, 0.15) is 0 Å². The minimum absolute atomic E-state index is 0.0826. The van der Waals surface area contributed by atoms with Crippen molar-refractivity contribution in [1.29, 1.82) is 0 Å². The third kappa shape index (κ3) is 4.33. The van der Waals surface area contributed by atoms with Crippen LogP contribution < -0.4 is 10.1 Å². The van der Waals surface area contributed by atoms with E-state index in [-0.39, 0.29) is 5.91 Å². The number of anilines is 1. The molecule has 0 bridgehead atoms. The van der Waals surface area contributed by atoms with E-state index in [4.69, 9.17) is 16.3 Å². The summed E-state index contributed by atoms with van der Waals surface area (Å²) in [5.41, 5.74) is 0.624. The highest BCUT2D eigenvalue weighted by atomic mass is 35.5. The van der Waals surface area contributed by atoms with Crippen LogP contribution in [0.4, 0.5) is 5.69 Å². The maximum Gasteiger partial charge on any atom is 0.234 e. The molecule has 7 heteroatoms. The Balaban J connectivity index is 1.91. The fraction of sp³-hybridized carbons (Fsp3) is 0.333. The number of nitrogens with one attached hydrogen (secondary N) is 1. The number of rotatable bonds is 4. The van der Waals surface area contributed by atoms with E-state index in [1.165, 1.54) is 11.8 Å². The van der Waals surface area contributed by atoms with Crippen molar-refractivity contribution in [1.82, 2.24) is 0 Å². The summed E-state index contributed by atoms with van der Waals surface area (Å²) in [5, 5.41) is 3.38. The maximum absolute atomic E-state index is 11.8. The summed E-state index contributed by atoms with van der Waals surface area (Å²) in [6, 6.07) is 5.11. The van der Waals surface area contributed by atoms with Gasteiger partial charge in [0, 0.05) is 16.8 Å². The fourth-order valence-electron chi connectivity index (χ4n) is 1.48. The minimum Gasteiger partial charge on any atom is -0.495 e. The zero-order chi connectivity index (χ0) is 13.7. The molecule has 1 aliphatic heterocycles. The van der Waals surface area contributed by atoms with Gasteiger partial charge in [-0.15, -0.1) is 0 Å². The lowest BCUT2D eigenvalue weighted by Crippen LogP contribution is -2.15. The summed E-state index contributed by atoms with van der Waals surface area (Å²) in [4.78, 5) is 16.1. The number of thioether (sulfide) groups is 2. The van der Waals surface area contributed by atoms with Crippen LogP contribution in [0.15, 0.2) is 23.2 Å². The van der Waals surface area contributed by atoms with E-state index in [1.807, 2.05) is 0 Å². The predicted octanol–water partition coefficient (Wildman–Crippen LogP) is 3.12. The van der Waals surface area contributed by atoms with Crippen molar-refractivity contribution >= 4 is 51.1 Å². The molecule has 0 radical (unpaired) electrons. The summed E-state index contributed by atoms with van der Waals surface area (Å²) < 4.78 is 6.16. The van der Waals surface area contributed by atoms with Crippen LogP contribution in [-0.2, 0) is 4.79 Å². The molecule has 0 atom stereocenters. The Hall–Kier alpha value is -0.850. The van der Waals surface area contributed by atoms with E-state index in [0.717, 1.165) is 16.7 Å². The lowest BCUT2D eigenvalue weighted by molar-refractivity contribution is -0.113. The topological polar surface area (TPSA) is 50.7 Å². The van der Waals surface area contributed by atoms with E-state index in [2.05, 4.69) is 10.3 Å². The number of nitrogens with zero attached hydrogens (tertiary/aromatic N) is 1. The van der Waals surface area contributed by atoms with Crippen molar-refractivity contribution < 1.29 is 9.53 Å². The molecule has 1 amide bonds. The summed E-state index contributed by atoms with van der Waals surface area (Å²) in [5.74, 6) is 1.83. The number of amides is 1.